The number of nitrogens with one attached hydrogen (secondary N) is 1. The molecule has 71 heavy (non-hydrogen) atoms. The molecule has 3 heterocycles. The second-order valence-corrected chi connectivity index (χ2v) is 17.9. The molecule has 1 aliphatic carbocycles. The number of ether oxygens (including phenoxy) is 8. The highest BCUT2D eigenvalue weighted by atomic mass is 16.8. The third-order valence-electron chi connectivity index (χ3n) is 12.9. The van der Waals surface area contributed by atoms with Gasteiger partial charge in [-0.25, -0.2) is 9.59 Å². The summed E-state index contributed by atoms with van der Waals surface area (Å²) in [5, 5.41) is 65.0. The first-order valence-electron chi connectivity index (χ1n) is 23.4. The average molecular weight is 992 g/mol. The predicted molar refractivity (Wildman–Crippen MR) is 247 cm³/mol. The molecule has 24 heteroatoms. The maximum Gasteiger partial charge on any atom is 0.410 e. The highest BCUT2D eigenvalue weighted by Crippen LogP contribution is 2.37. The second kappa shape index (κ2) is 25.6. The molecule has 4 fully saturated rings. The normalized spacial score (nSPS) is 33.7. The molecule has 3 aliphatic heterocycles. The molecule has 2 amide bonds. The Morgan fingerprint density at radius 1 is 0.732 bits per heavy atom. The molecule has 0 bridgehead atoms. The Morgan fingerprint density at radius 2 is 1.34 bits per heavy atom. The van der Waals surface area contributed by atoms with Gasteiger partial charge in [0.15, 0.2) is 18.9 Å². The Bertz CT molecular complexity index is 2250. The molecule has 3 aromatic rings. The van der Waals surface area contributed by atoms with Crippen molar-refractivity contribution in [3.05, 3.63) is 129 Å². The second-order valence-electron chi connectivity index (χ2n) is 17.9. The molecule has 0 unspecified atom stereocenters. The van der Waals surface area contributed by atoms with Crippen LogP contribution < -0.4 is 11.1 Å². The largest absolute Gasteiger partial charge is 0.445 e. The van der Waals surface area contributed by atoms with E-state index in [0.29, 0.717) is 12.8 Å². The minimum atomic E-state index is -1.76. The Kier molecular flexibility index (Phi) is 19.2. The summed E-state index contributed by atoms with van der Waals surface area (Å²) in [6.07, 6.45) is -18.8. The fourth-order valence-electron chi connectivity index (χ4n) is 9.15. The molecule has 8 N–H and O–H groups in total. The summed E-state index contributed by atoms with van der Waals surface area (Å²) < 4.78 is 48.8. The van der Waals surface area contributed by atoms with Gasteiger partial charge >= 0.3 is 12.2 Å². The van der Waals surface area contributed by atoms with E-state index in [-0.39, 0.29) is 32.7 Å². The highest BCUT2D eigenvalue weighted by Gasteiger charge is 2.54. The number of azide groups is 2. The van der Waals surface area contributed by atoms with Gasteiger partial charge < -0.3 is 79.4 Å². The van der Waals surface area contributed by atoms with Crippen molar-refractivity contribution in [1.82, 2.24) is 10.2 Å². The van der Waals surface area contributed by atoms with Crippen LogP contribution in [0.1, 0.15) is 42.9 Å². The van der Waals surface area contributed by atoms with E-state index < -0.39 is 129 Å². The minimum absolute atomic E-state index is 0.0191. The smallest absolute Gasteiger partial charge is 0.410 e. The van der Waals surface area contributed by atoms with Crippen LogP contribution >= 0.6 is 0 Å². The third-order valence-corrected chi connectivity index (χ3v) is 12.9. The summed E-state index contributed by atoms with van der Waals surface area (Å²) in [6, 6.07) is 24.5. The number of nitrogens with two attached hydrogens (primary N) is 1. The van der Waals surface area contributed by atoms with Gasteiger partial charge in [0.1, 0.15) is 49.8 Å². The molecule has 17 atom stereocenters. The Labute approximate surface area is 408 Å². The maximum absolute atomic E-state index is 13.8. The van der Waals surface area contributed by atoms with E-state index in [1.54, 1.807) is 0 Å². The van der Waals surface area contributed by atoms with Gasteiger partial charge in [0.25, 0.3) is 0 Å². The number of alkyl carbamates (subject to hydrolysis) is 1. The van der Waals surface area contributed by atoms with Gasteiger partial charge in [-0.05, 0) is 52.9 Å². The number of rotatable bonds is 19. The van der Waals surface area contributed by atoms with Crippen LogP contribution in [0.4, 0.5) is 9.59 Å². The summed E-state index contributed by atoms with van der Waals surface area (Å²) in [7, 11) is 0. The Morgan fingerprint density at radius 3 is 1.97 bits per heavy atom. The van der Waals surface area contributed by atoms with E-state index >= 15 is 0 Å². The van der Waals surface area contributed by atoms with Crippen LogP contribution in [0.15, 0.2) is 101 Å². The molecule has 3 aromatic carbocycles. The molecular weight excluding hydrogens is 931 g/mol. The Balaban J connectivity index is 1.11. The van der Waals surface area contributed by atoms with E-state index in [4.69, 9.17) is 49.2 Å². The van der Waals surface area contributed by atoms with Crippen LogP contribution in [-0.4, -0.2) is 160 Å². The van der Waals surface area contributed by atoms with Crippen molar-refractivity contribution >= 4 is 12.2 Å². The van der Waals surface area contributed by atoms with Crippen LogP contribution in [0.25, 0.3) is 20.9 Å². The van der Waals surface area contributed by atoms with E-state index in [1.165, 1.54) is 4.90 Å². The number of hydrogen-bond donors (Lipinski definition) is 7. The van der Waals surface area contributed by atoms with E-state index in [0.717, 1.165) is 16.7 Å². The van der Waals surface area contributed by atoms with E-state index in [1.807, 2.05) is 97.9 Å². The van der Waals surface area contributed by atoms with Crippen LogP contribution in [0.2, 0.25) is 0 Å². The van der Waals surface area contributed by atoms with E-state index in [2.05, 4.69) is 25.4 Å². The fraction of sp³-hybridized carbons (Fsp3) is 0.574. The molecule has 3 saturated heterocycles. The third kappa shape index (κ3) is 13.9. The van der Waals surface area contributed by atoms with Gasteiger partial charge in [-0.15, -0.1) is 0 Å². The molecule has 0 radical (unpaired) electrons. The van der Waals surface area contributed by atoms with Crippen molar-refractivity contribution in [3.63, 3.8) is 0 Å². The van der Waals surface area contributed by atoms with Crippen molar-refractivity contribution < 1.29 is 73.0 Å². The lowest BCUT2D eigenvalue weighted by Gasteiger charge is -2.46. The van der Waals surface area contributed by atoms with Gasteiger partial charge in [-0.2, -0.15) is 0 Å². The van der Waals surface area contributed by atoms with Gasteiger partial charge in [0, 0.05) is 22.4 Å². The van der Waals surface area contributed by atoms with Crippen molar-refractivity contribution in [1.29, 1.82) is 0 Å². The summed E-state index contributed by atoms with van der Waals surface area (Å²) in [5.74, 6) is -0.462. The average Bonchev–Trinajstić information content (AvgIpc) is 3.68. The number of benzene rings is 3. The lowest BCUT2D eigenvalue weighted by atomic mass is 9.80. The summed E-state index contributed by atoms with van der Waals surface area (Å²) in [6.45, 7) is 0.880. The van der Waals surface area contributed by atoms with Crippen LogP contribution in [-0.2, 0) is 57.7 Å². The molecule has 7 rings (SSSR count). The minimum Gasteiger partial charge on any atom is -0.445 e. The zero-order chi connectivity index (χ0) is 50.4. The number of carbonyl (C=O) groups is 2. The van der Waals surface area contributed by atoms with Crippen LogP contribution in [0.5, 0.6) is 0 Å². The van der Waals surface area contributed by atoms with Crippen LogP contribution in [0, 0.1) is 5.92 Å². The molecule has 0 spiro atoms. The zero-order valence-electron chi connectivity index (χ0n) is 38.9. The van der Waals surface area contributed by atoms with Gasteiger partial charge in [-0.3, -0.25) is 0 Å². The monoisotopic (exact) mass is 991 g/mol. The number of amides is 2. The fourth-order valence-corrected chi connectivity index (χ4v) is 9.15. The number of nitrogens with zero attached hydrogens (tertiary/aromatic N) is 7. The molecular formula is C47H61N9O15. The molecule has 384 valence electrons. The predicted octanol–water partition coefficient (Wildman–Crippen LogP) is 3.02. The highest BCUT2D eigenvalue weighted by molar-refractivity contribution is 5.68. The lowest BCUT2D eigenvalue weighted by Crippen LogP contribution is -2.62. The first-order valence-corrected chi connectivity index (χ1v) is 23.4. The molecule has 1 saturated carbocycles. The number of hydrogen-bond acceptors (Lipinski definition) is 18. The van der Waals surface area contributed by atoms with Crippen molar-refractivity contribution in [2.75, 3.05) is 19.7 Å². The van der Waals surface area contributed by atoms with Crippen molar-refractivity contribution in [2.24, 2.45) is 21.9 Å². The zero-order valence-corrected chi connectivity index (χ0v) is 38.9. The van der Waals surface area contributed by atoms with Gasteiger partial charge in [0.05, 0.1) is 56.3 Å². The first kappa shape index (κ1) is 53.1. The standard InChI is InChI=1S/C47H61N9O15/c1-26-19-31(48)36(58)42(71-45-39(61)41(34(23-57)68-45)70-44-35(53-55-50)38(60)37(59)33(67-44)20-51-54-49)40(26)69-43-32(52-46(62)64-24-28-13-7-3-8-14-28)18-17-30(66-43)22-56(21-27-11-5-2-6-12-27)47(63)65-25-29-15-9-4-10-16-29/h2-16,26,30-45,57-61H,17-25,48H2,1H3,(H,52,62)/t26-,30-,31+,32+,33-,34+,35+,36-,37+,38+,39+,40+,41+,42+,43+,44+,45-/m0/s1. The Hall–Kier alpha value is -5.66. The number of carbonyl (C=O) groups excluding carboxylic acids is 2. The van der Waals surface area contributed by atoms with E-state index in [9.17, 15) is 40.7 Å². The number of aliphatic hydroxyl groups excluding tert-OH is 5. The quantitative estimate of drug-likeness (QED) is 0.0516. The van der Waals surface area contributed by atoms with Crippen molar-refractivity contribution in [2.45, 2.75) is 144 Å². The van der Waals surface area contributed by atoms with Gasteiger partial charge in [0.2, 0.25) is 0 Å². The maximum atomic E-state index is 13.8. The SMILES string of the molecule is C[C@H]1C[C@@H](N)[C@H](O)[C@@H](O[C@@H]2O[C@H](CO)[C@@H](O[C@H]3O[C@@H](CN=[N+]=[N-])[C@@H](O)[C@H](O)[C@H]3N=[N+]=[N-])[C@H]2O)[C@@H]1O[C@H]1O[C@H](CN(Cc2ccccc2)C(=O)OCc2ccccc2)CC[C@H]1NC(=O)OCc1ccccc1. The lowest BCUT2D eigenvalue weighted by molar-refractivity contribution is -0.296. The first-order chi connectivity index (χ1) is 34.4. The molecule has 0 aromatic heterocycles. The topological polar surface area (TPSA) is 348 Å². The molecule has 4 aliphatic rings. The molecule has 24 nitrogen and oxygen atoms in total. The van der Waals surface area contributed by atoms with Gasteiger partial charge in [-0.1, -0.05) is 108 Å². The summed E-state index contributed by atoms with van der Waals surface area (Å²) in [5.41, 5.74) is 27.0. The van der Waals surface area contributed by atoms with Crippen LogP contribution in [0.3, 0.4) is 0 Å². The summed E-state index contributed by atoms with van der Waals surface area (Å²) in [4.78, 5) is 34.1. The van der Waals surface area contributed by atoms with Crippen molar-refractivity contribution in [3.8, 4) is 0 Å². The summed E-state index contributed by atoms with van der Waals surface area (Å²) >= 11 is 0. The number of aliphatic hydroxyl groups is 5.